The number of carbonyl (C=O) groups excluding carboxylic acids is 1. The largest absolute Gasteiger partial charge is 0.461 e. The Morgan fingerprint density at radius 3 is 2.44 bits per heavy atom. The Kier molecular flexibility index (Phi) is 3.65. The molecule has 3 nitrogen and oxygen atoms in total. The Morgan fingerprint density at radius 1 is 1.08 bits per heavy atom. The van der Waals surface area contributed by atoms with Crippen LogP contribution in [0.15, 0.2) is 34.7 Å². The molecule has 4 bridgehead atoms. The van der Waals surface area contributed by atoms with Gasteiger partial charge in [0.15, 0.2) is 0 Å². The molecule has 0 aliphatic heterocycles. The van der Waals surface area contributed by atoms with Gasteiger partial charge in [0.1, 0.15) is 11.3 Å². The van der Waals surface area contributed by atoms with Crippen molar-refractivity contribution in [2.45, 2.75) is 51.4 Å². The quantitative estimate of drug-likeness (QED) is 0.804. The van der Waals surface area contributed by atoms with Crippen LogP contribution < -0.4 is 5.32 Å². The van der Waals surface area contributed by atoms with E-state index in [0.717, 1.165) is 73.1 Å². The average molecular weight is 337 g/mol. The number of hydrogen-bond acceptors (Lipinski definition) is 2. The maximum Gasteiger partial charge on any atom is 0.226 e. The molecule has 1 aromatic carbocycles. The molecule has 1 N–H and O–H groups in total. The summed E-state index contributed by atoms with van der Waals surface area (Å²) in [7, 11) is 0. The molecule has 0 radical (unpaired) electrons. The zero-order valence-electron chi connectivity index (χ0n) is 14.8. The van der Waals surface area contributed by atoms with E-state index in [1.54, 1.807) is 0 Å². The van der Waals surface area contributed by atoms with E-state index in [1.165, 1.54) is 19.3 Å². The number of benzene rings is 1. The van der Waals surface area contributed by atoms with Crippen molar-refractivity contribution in [2.24, 2.45) is 23.2 Å². The highest BCUT2D eigenvalue weighted by atomic mass is 16.3. The standard InChI is InChI=1S/C22H27NO2/c24-21(22-12-15-8-16(13-22)10-17(9-15)14-22)23-7-3-5-19-11-18-4-1-2-6-20(18)25-19/h1-2,4,6,11,15-17H,3,5,7-10,12-14H2,(H,23,24). The lowest BCUT2D eigenvalue weighted by atomic mass is 9.49. The van der Waals surface area contributed by atoms with Gasteiger partial charge in [-0.3, -0.25) is 4.79 Å². The number of para-hydroxylation sites is 1. The summed E-state index contributed by atoms with van der Waals surface area (Å²) in [6, 6.07) is 10.2. The molecule has 132 valence electrons. The van der Waals surface area contributed by atoms with Crippen molar-refractivity contribution in [3.8, 4) is 0 Å². The minimum atomic E-state index is -0.0197. The van der Waals surface area contributed by atoms with E-state index in [-0.39, 0.29) is 5.41 Å². The van der Waals surface area contributed by atoms with Gasteiger partial charge in [0.05, 0.1) is 0 Å². The summed E-state index contributed by atoms with van der Waals surface area (Å²) in [5, 5.41) is 4.43. The van der Waals surface area contributed by atoms with Crippen LogP contribution in [0.3, 0.4) is 0 Å². The molecule has 4 saturated carbocycles. The Morgan fingerprint density at radius 2 is 1.76 bits per heavy atom. The van der Waals surface area contributed by atoms with E-state index in [2.05, 4.69) is 17.4 Å². The van der Waals surface area contributed by atoms with Gasteiger partial charge in [-0.25, -0.2) is 0 Å². The minimum Gasteiger partial charge on any atom is -0.461 e. The zero-order valence-corrected chi connectivity index (χ0v) is 14.8. The molecule has 4 fully saturated rings. The number of amides is 1. The van der Waals surface area contributed by atoms with Gasteiger partial charge in [-0.05, 0) is 74.8 Å². The smallest absolute Gasteiger partial charge is 0.226 e. The number of rotatable bonds is 5. The first-order valence-electron chi connectivity index (χ1n) is 9.96. The molecular weight excluding hydrogens is 310 g/mol. The van der Waals surface area contributed by atoms with E-state index >= 15 is 0 Å². The van der Waals surface area contributed by atoms with E-state index in [0.29, 0.717) is 5.91 Å². The van der Waals surface area contributed by atoms with E-state index in [1.807, 2.05) is 18.2 Å². The van der Waals surface area contributed by atoms with Crippen LogP contribution >= 0.6 is 0 Å². The number of furan rings is 1. The van der Waals surface area contributed by atoms with Gasteiger partial charge in [0.25, 0.3) is 0 Å². The summed E-state index contributed by atoms with van der Waals surface area (Å²) >= 11 is 0. The first kappa shape index (κ1) is 15.5. The first-order valence-corrected chi connectivity index (χ1v) is 9.96. The summed E-state index contributed by atoms with van der Waals surface area (Å²) < 4.78 is 5.86. The average Bonchev–Trinajstić information content (AvgIpc) is 3.00. The second kappa shape index (κ2) is 5.89. The van der Waals surface area contributed by atoms with Gasteiger partial charge in [-0.15, -0.1) is 0 Å². The van der Waals surface area contributed by atoms with Gasteiger partial charge < -0.3 is 9.73 Å². The number of nitrogens with one attached hydrogen (secondary N) is 1. The predicted octanol–water partition coefficient (Wildman–Crippen LogP) is 4.70. The van der Waals surface area contributed by atoms with Gasteiger partial charge in [-0.2, -0.15) is 0 Å². The predicted molar refractivity (Wildman–Crippen MR) is 98.1 cm³/mol. The van der Waals surface area contributed by atoms with Gasteiger partial charge in [0, 0.05) is 23.8 Å². The number of carbonyl (C=O) groups is 1. The van der Waals surface area contributed by atoms with Gasteiger partial charge in [-0.1, -0.05) is 18.2 Å². The van der Waals surface area contributed by atoms with Crippen molar-refractivity contribution in [1.29, 1.82) is 0 Å². The van der Waals surface area contributed by atoms with Crippen LogP contribution in [0.1, 0.15) is 50.7 Å². The fourth-order valence-corrected chi connectivity index (χ4v) is 6.20. The van der Waals surface area contributed by atoms with Crippen molar-refractivity contribution >= 4 is 16.9 Å². The molecule has 6 rings (SSSR count). The SMILES string of the molecule is O=C(NCCCc1cc2ccccc2o1)C12CC3CC(CC(C3)C1)C2. The summed E-state index contributed by atoms with van der Waals surface area (Å²) in [4.78, 5) is 12.9. The molecule has 1 aromatic heterocycles. The molecule has 1 heterocycles. The number of fused-ring (bicyclic) bond motifs is 1. The molecule has 0 unspecified atom stereocenters. The third kappa shape index (κ3) is 2.78. The highest BCUT2D eigenvalue weighted by Crippen LogP contribution is 2.60. The topological polar surface area (TPSA) is 42.2 Å². The van der Waals surface area contributed by atoms with Gasteiger partial charge >= 0.3 is 0 Å². The molecule has 4 aliphatic rings. The Bertz CT molecular complexity index is 722. The van der Waals surface area contributed by atoms with E-state index in [4.69, 9.17) is 4.42 Å². The van der Waals surface area contributed by atoms with Crippen molar-refractivity contribution in [1.82, 2.24) is 5.32 Å². The maximum absolute atomic E-state index is 12.9. The van der Waals surface area contributed by atoms with Crippen LogP contribution in [-0.4, -0.2) is 12.5 Å². The van der Waals surface area contributed by atoms with Crippen LogP contribution in [0.5, 0.6) is 0 Å². The van der Waals surface area contributed by atoms with Crippen LogP contribution in [0.4, 0.5) is 0 Å². The molecule has 3 heteroatoms. The van der Waals surface area contributed by atoms with Crippen LogP contribution in [0, 0.1) is 23.2 Å². The highest BCUT2D eigenvalue weighted by Gasteiger charge is 2.54. The van der Waals surface area contributed by atoms with Crippen LogP contribution in [-0.2, 0) is 11.2 Å². The Labute approximate surface area is 149 Å². The lowest BCUT2D eigenvalue weighted by molar-refractivity contribution is -0.146. The van der Waals surface area contributed by atoms with Crippen molar-refractivity contribution < 1.29 is 9.21 Å². The van der Waals surface area contributed by atoms with E-state index in [9.17, 15) is 4.79 Å². The number of hydrogen-bond donors (Lipinski definition) is 1. The normalized spacial score (nSPS) is 33.0. The zero-order chi connectivity index (χ0) is 16.9. The molecule has 0 spiro atoms. The molecule has 2 aromatic rings. The second-order valence-electron chi connectivity index (χ2n) is 8.81. The lowest BCUT2D eigenvalue weighted by Gasteiger charge is -2.55. The third-order valence-corrected chi connectivity index (χ3v) is 6.88. The van der Waals surface area contributed by atoms with E-state index < -0.39 is 0 Å². The molecule has 25 heavy (non-hydrogen) atoms. The summed E-state index contributed by atoms with van der Waals surface area (Å²) in [5.74, 6) is 3.84. The fourth-order valence-electron chi connectivity index (χ4n) is 6.20. The minimum absolute atomic E-state index is 0.0197. The number of aryl methyl sites for hydroxylation is 1. The monoisotopic (exact) mass is 337 g/mol. The molecule has 0 atom stereocenters. The van der Waals surface area contributed by atoms with Crippen LogP contribution in [0.2, 0.25) is 0 Å². The maximum atomic E-state index is 12.9. The van der Waals surface area contributed by atoms with Crippen LogP contribution in [0.25, 0.3) is 11.0 Å². The van der Waals surface area contributed by atoms with Crippen molar-refractivity contribution in [3.05, 3.63) is 36.1 Å². The first-order chi connectivity index (χ1) is 12.2. The van der Waals surface area contributed by atoms with Crippen molar-refractivity contribution in [2.75, 3.05) is 6.54 Å². The van der Waals surface area contributed by atoms with Gasteiger partial charge in [0.2, 0.25) is 5.91 Å². The Hall–Kier alpha value is -1.77. The highest BCUT2D eigenvalue weighted by molar-refractivity contribution is 5.83. The summed E-state index contributed by atoms with van der Waals surface area (Å²) in [5.41, 5.74) is 0.934. The van der Waals surface area contributed by atoms with Crippen molar-refractivity contribution in [3.63, 3.8) is 0 Å². The molecule has 0 saturated heterocycles. The molecule has 4 aliphatic carbocycles. The molecule has 1 amide bonds. The Balaban J connectivity index is 1.16. The third-order valence-electron chi connectivity index (χ3n) is 6.88. The molecular formula is C22H27NO2. The lowest BCUT2D eigenvalue weighted by Crippen LogP contribution is -2.53. The summed E-state index contributed by atoms with van der Waals surface area (Å²) in [6.07, 6.45) is 9.43. The summed E-state index contributed by atoms with van der Waals surface area (Å²) in [6.45, 7) is 0.762. The fraction of sp³-hybridized carbons (Fsp3) is 0.591. The second-order valence-corrected chi connectivity index (χ2v) is 8.81.